The Bertz CT molecular complexity index is 1260. The number of hydrogen-bond donors (Lipinski definition) is 2. The van der Waals surface area contributed by atoms with Gasteiger partial charge in [-0.15, -0.1) is 0 Å². The summed E-state index contributed by atoms with van der Waals surface area (Å²) in [4.78, 5) is 32.8. The highest BCUT2D eigenvalue weighted by atomic mass is 16.5. The highest BCUT2D eigenvalue weighted by Crippen LogP contribution is 2.28. The lowest BCUT2D eigenvalue weighted by Gasteiger charge is -2.23. The molecule has 1 atom stereocenters. The number of pyridine rings is 1. The van der Waals surface area contributed by atoms with Crippen LogP contribution in [0, 0.1) is 6.92 Å². The van der Waals surface area contributed by atoms with E-state index in [1.54, 1.807) is 13.2 Å². The molecule has 1 amide bonds. The van der Waals surface area contributed by atoms with Crippen LogP contribution in [0.5, 0.6) is 0 Å². The van der Waals surface area contributed by atoms with Gasteiger partial charge in [0.15, 0.2) is 0 Å². The third-order valence-electron chi connectivity index (χ3n) is 7.03. The zero-order chi connectivity index (χ0) is 23.7. The molecule has 0 bridgehead atoms. The molecule has 2 aliphatic heterocycles. The fourth-order valence-corrected chi connectivity index (χ4v) is 5.19. The fourth-order valence-electron chi connectivity index (χ4n) is 5.19. The molecule has 7 heteroatoms. The Morgan fingerprint density at radius 3 is 2.71 bits per heavy atom. The number of benzene rings is 2. The molecule has 0 aliphatic carbocycles. The van der Waals surface area contributed by atoms with Gasteiger partial charge in [-0.05, 0) is 67.6 Å². The maximum Gasteiger partial charge on any atom is 0.257 e. The minimum absolute atomic E-state index is 0.110. The maximum atomic E-state index is 13.5. The minimum atomic E-state index is -0.122. The Hall–Kier alpha value is -3.16. The Morgan fingerprint density at radius 2 is 1.94 bits per heavy atom. The molecule has 2 aliphatic rings. The molecule has 1 unspecified atom stereocenters. The second-order valence-corrected chi connectivity index (χ2v) is 9.46. The van der Waals surface area contributed by atoms with Crippen LogP contribution in [0.3, 0.4) is 0 Å². The van der Waals surface area contributed by atoms with Crippen molar-refractivity contribution in [2.45, 2.75) is 38.8 Å². The first kappa shape index (κ1) is 22.6. The van der Waals surface area contributed by atoms with Crippen molar-refractivity contribution < 1.29 is 9.53 Å². The van der Waals surface area contributed by atoms with E-state index in [1.807, 2.05) is 31.2 Å². The van der Waals surface area contributed by atoms with Gasteiger partial charge in [0.25, 0.3) is 5.91 Å². The molecule has 0 radical (unpaired) electrons. The fraction of sp³-hybridized carbons (Fsp3) is 0.407. The van der Waals surface area contributed by atoms with Crippen molar-refractivity contribution in [1.82, 2.24) is 9.88 Å². The normalized spacial score (nSPS) is 18.6. The number of hydrogen-bond acceptors (Lipinski definition) is 5. The number of methoxy groups -OCH3 is 1. The number of aryl methyl sites for hydroxylation is 1. The van der Waals surface area contributed by atoms with Gasteiger partial charge in [-0.1, -0.05) is 6.07 Å². The Balaban J connectivity index is 1.42. The van der Waals surface area contributed by atoms with Gasteiger partial charge in [0.05, 0.1) is 11.7 Å². The van der Waals surface area contributed by atoms with Crippen molar-refractivity contribution in [1.29, 1.82) is 0 Å². The van der Waals surface area contributed by atoms with Crippen molar-refractivity contribution in [3.63, 3.8) is 0 Å². The molecular formula is C27H32N4O3. The van der Waals surface area contributed by atoms with Gasteiger partial charge >= 0.3 is 0 Å². The van der Waals surface area contributed by atoms with E-state index >= 15 is 0 Å². The molecule has 3 heterocycles. The summed E-state index contributed by atoms with van der Waals surface area (Å²) in [7, 11) is 1.77. The summed E-state index contributed by atoms with van der Waals surface area (Å²) in [5.41, 5.74) is 5.09. The molecule has 1 aromatic heterocycles. The van der Waals surface area contributed by atoms with E-state index < -0.39 is 0 Å². The summed E-state index contributed by atoms with van der Waals surface area (Å²) >= 11 is 0. The third kappa shape index (κ3) is 4.72. The standard InChI is InChI=1S/C27H32N4O3/c1-18-13-26(32)29-24-7-6-20(15-22(18)24)28-27(33)23-14-19(16-30-12-9-21(17-30)34-2)5-8-25(23)31-10-3-4-11-31/h5-8,13-15,21H,3-4,9-12,16-17H2,1-2H3,(H,28,33)(H,29,32). The average Bonchev–Trinajstić information content (AvgIpc) is 3.52. The number of ether oxygens (including phenoxy) is 1. The second kappa shape index (κ2) is 9.60. The highest BCUT2D eigenvalue weighted by molar-refractivity contribution is 6.09. The zero-order valence-corrected chi connectivity index (χ0v) is 19.9. The Morgan fingerprint density at radius 1 is 1.12 bits per heavy atom. The first-order valence-electron chi connectivity index (χ1n) is 12.1. The lowest BCUT2D eigenvalue weighted by Crippen LogP contribution is -2.25. The van der Waals surface area contributed by atoms with E-state index in [0.29, 0.717) is 11.3 Å². The number of amides is 1. The number of fused-ring (bicyclic) bond motifs is 1. The summed E-state index contributed by atoms with van der Waals surface area (Å²) in [6.45, 7) is 6.60. The molecular weight excluding hydrogens is 428 g/mol. The summed E-state index contributed by atoms with van der Waals surface area (Å²) in [6.07, 6.45) is 3.63. The van der Waals surface area contributed by atoms with E-state index in [-0.39, 0.29) is 17.6 Å². The van der Waals surface area contributed by atoms with Crippen molar-refractivity contribution >= 4 is 28.2 Å². The third-order valence-corrected chi connectivity index (χ3v) is 7.03. The van der Waals surface area contributed by atoms with Crippen molar-refractivity contribution in [3.05, 3.63) is 69.5 Å². The van der Waals surface area contributed by atoms with Crippen molar-refractivity contribution in [3.8, 4) is 0 Å². The number of rotatable bonds is 6. The van der Waals surface area contributed by atoms with Crippen molar-refractivity contribution in [2.75, 3.05) is 43.5 Å². The van der Waals surface area contributed by atoms with Crippen LogP contribution in [0.15, 0.2) is 47.3 Å². The molecule has 0 spiro atoms. The highest BCUT2D eigenvalue weighted by Gasteiger charge is 2.24. The van der Waals surface area contributed by atoms with Gasteiger partial charge in [-0.3, -0.25) is 14.5 Å². The number of nitrogens with one attached hydrogen (secondary N) is 2. The van der Waals surface area contributed by atoms with Crippen LogP contribution in [0.1, 0.15) is 40.7 Å². The van der Waals surface area contributed by atoms with Gasteiger partial charge < -0.3 is 19.9 Å². The van der Waals surface area contributed by atoms with Crippen LogP contribution in [0.25, 0.3) is 10.9 Å². The van der Waals surface area contributed by atoms with E-state index in [9.17, 15) is 9.59 Å². The van der Waals surface area contributed by atoms with Crippen LogP contribution >= 0.6 is 0 Å². The first-order chi connectivity index (χ1) is 16.5. The Kier molecular flexibility index (Phi) is 6.39. The SMILES string of the molecule is COC1CCN(Cc2ccc(N3CCCC3)c(C(=O)Nc3ccc4[nH]c(=O)cc(C)c4c3)c2)C1. The number of likely N-dealkylation sites (tertiary alicyclic amines) is 1. The molecule has 7 nitrogen and oxygen atoms in total. The average molecular weight is 461 g/mol. The van der Waals surface area contributed by atoms with Gasteiger partial charge in [0, 0.05) is 68.2 Å². The molecule has 5 rings (SSSR count). The van der Waals surface area contributed by atoms with E-state index in [0.717, 1.165) is 79.7 Å². The molecule has 3 aromatic rings. The quantitative estimate of drug-likeness (QED) is 0.583. The lowest BCUT2D eigenvalue weighted by atomic mass is 10.1. The molecule has 178 valence electrons. The van der Waals surface area contributed by atoms with E-state index in [4.69, 9.17) is 4.74 Å². The maximum absolute atomic E-state index is 13.5. The lowest BCUT2D eigenvalue weighted by molar-refractivity contribution is 0.102. The molecule has 2 fully saturated rings. The smallest absolute Gasteiger partial charge is 0.257 e. The molecule has 2 aromatic carbocycles. The monoisotopic (exact) mass is 460 g/mol. The zero-order valence-electron chi connectivity index (χ0n) is 19.9. The van der Waals surface area contributed by atoms with Crippen LogP contribution in [0.4, 0.5) is 11.4 Å². The summed E-state index contributed by atoms with van der Waals surface area (Å²) in [6, 6.07) is 13.5. The van der Waals surface area contributed by atoms with Crippen LogP contribution < -0.4 is 15.8 Å². The topological polar surface area (TPSA) is 77.7 Å². The van der Waals surface area contributed by atoms with Gasteiger partial charge in [-0.25, -0.2) is 0 Å². The first-order valence-corrected chi connectivity index (χ1v) is 12.1. The second-order valence-electron chi connectivity index (χ2n) is 9.46. The number of H-pyrrole nitrogens is 1. The summed E-state index contributed by atoms with van der Waals surface area (Å²) in [5, 5.41) is 4.03. The van der Waals surface area contributed by atoms with Gasteiger partial charge in [0.2, 0.25) is 5.56 Å². The van der Waals surface area contributed by atoms with Crippen LogP contribution in [-0.4, -0.2) is 55.2 Å². The Labute approximate surface area is 199 Å². The number of nitrogens with zero attached hydrogens (tertiary/aromatic N) is 2. The van der Waals surface area contributed by atoms with Crippen molar-refractivity contribution in [2.24, 2.45) is 0 Å². The van der Waals surface area contributed by atoms with Crippen LogP contribution in [0.2, 0.25) is 0 Å². The molecule has 34 heavy (non-hydrogen) atoms. The van der Waals surface area contributed by atoms with Crippen LogP contribution in [-0.2, 0) is 11.3 Å². The van der Waals surface area contributed by atoms with E-state index in [2.05, 4.69) is 32.2 Å². The largest absolute Gasteiger partial charge is 0.380 e. The minimum Gasteiger partial charge on any atom is -0.380 e. The van der Waals surface area contributed by atoms with E-state index in [1.165, 1.54) is 0 Å². The number of aromatic nitrogens is 1. The molecule has 0 saturated carbocycles. The van der Waals surface area contributed by atoms with Gasteiger partial charge in [0.1, 0.15) is 0 Å². The number of aromatic amines is 1. The number of anilines is 2. The predicted octanol–water partition coefficient (Wildman–Crippen LogP) is 3.91. The molecule has 2 N–H and O–H groups in total. The summed E-state index contributed by atoms with van der Waals surface area (Å²) in [5.74, 6) is -0.110. The number of carbonyl (C=O) groups is 1. The predicted molar refractivity (Wildman–Crippen MR) is 136 cm³/mol. The number of carbonyl (C=O) groups excluding carboxylic acids is 1. The molecule has 2 saturated heterocycles. The van der Waals surface area contributed by atoms with Gasteiger partial charge in [-0.2, -0.15) is 0 Å². The summed E-state index contributed by atoms with van der Waals surface area (Å²) < 4.78 is 5.51.